The van der Waals surface area contributed by atoms with E-state index in [1.54, 1.807) is 12.2 Å². The topological polar surface area (TPSA) is 87.9 Å². The number of allylic oxidation sites excluding steroid dienone is 2. The number of benzene rings is 1. The molecule has 2 rings (SSSR count). The average Bonchev–Trinajstić information content (AvgIpc) is 2.47. The number of phenols is 1. The third kappa shape index (κ3) is 3.49. The van der Waals surface area contributed by atoms with Gasteiger partial charge in [-0.2, -0.15) is 4.99 Å². The molecule has 5 heteroatoms. The van der Waals surface area contributed by atoms with Crippen LogP contribution in [0.3, 0.4) is 0 Å². The second kappa shape index (κ2) is 6.85. The highest BCUT2D eigenvalue weighted by molar-refractivity contribution is 5.80. The third-order valence-electron chi connectivity index (χ3n) is 3.52. The molecule has 0 unspecified atom stereocenters. The number of aromatic hydroxyl groups is 1. The van der Waals surface area contributed by atoms with E-state index in [1.165, 1.54) is 0 Å². The predicted octanol–water partition coefficient (Wildman–Crippen LogP) is 1.78. The fourth-order valence-corrected chi connectivity index (χ4v) is 2.46. The van der Waals surface area contributed by atoms with Crippen LogP contribution in [0.1, 0.15) is 16.7 Å². The second-order valence-corrected chi connectivity index (χ2v) is 5.23. The number of hydrogen-bond acceptors (Lipinski definition) is 5. The summed E-state index contributed by atoms with van der Waals surface area (Å²) >= 11 is 0. The van der Waals surface area contributed by atoms with Gasteiger partial charge in [0, 0.05) is 13.1 Å². The van der Waals surface area contributed by atoms with E-state index in [2.05, 4.69) is 18.2 Å². The Balaban J connectivity index is 2.29. The summed E-state index contributed by atoms with van der Waals surface area (Å²) in [5.41, 5.74) is 14.3. The van der Waals surface area contributed by atoms with Crippen molar-refractivity contribution in [1.29, 1.82) is 0 Å². The highest BCUT2D eigenvalue weighted by atomic mass is 16.3. The lowest BCUT2D eigenvalue weighted by molar-refractivity contribution is 0.439. The average molecular weight is 298 g/mol. The number of guanidine groups is 1. The lowest BCUT2D eigenvalue weighted by Gasteiger charge is -2.25. The van der Waals surface area contributed by atoms with Crippen LogP contribution in [0.5, 0.6) is 5.75 Å². The van der Waals surface area contributed by atoms with E-state index in [-0.39, 0.29) is 0 Å². The molecule has 0 aromatic heterocycles. The van der Waals surface area contributed by atoms with Gasteiger partial charge >= 0.3 is 0 Å². The molecule has 0 amide bonds. The molecule has 1 aromatic rings. The van der Waals surface area contributed by atoms with Crippen molar-refractivity contribution in [2.45, 2.75) is 19.4 Å². The van der Waals surface area contributed by atoms with Crippen molar-refractivity contribution in [3.63, 3.8) is 0 Å². The van der Waals surface area contributed by atoms with Crippen molar-refractivity contribution in [2.75, 3.05) is 6.54 Å². The number of rotatable bonds is 6. The Bertz CT molecular complexity index is 615. The summed E-state index contributed by atoms with van der Waals surface area (Å²) in [6.07, 6.45) is 6.60. The van der Waals surface area contributed by atoms with E-state index in [0.717, 1.165) is 16.7 Å². The first-order valence-corrected chi connectivity index (χ1v) is 7.15. The molecular formula is C17H22N4O. The van der Waals surface area contributed by atoms with Gasteiger partial charge in [-0.05, 0) is 35.6 Å². The van der Waals surface area contributed by atoms with Crippen molar-refractivity contribution < 1.29 is 5.11 Å². The van der Waals surface area contributed by atoms with Crippen LogP contribution >= 0.6 is 0 Å². The molecule has 116 valence electrons. The van der Waals surface area contributed by atoms with E-state index in [0.29, 0.717) is 43.5 Å². The molecule has 1 aliphatic heterocycles. The summed E-state index contributed by atoms with van der Waals surface area (Å²) in [6, 6.07) is 3.94. The van der Waals surface area contributed by atoms with Crippen molar-refractivity contribution in [1.82, 2.24) is 4.90 Å². The summed E-state index contributed by atoms with van der Waals surface area (Å²) in [5, 5.41) is 10.3. The summed E-state index contributed by atoms with van der Waals surface area (Å²) < 4.78 is 0. The fraction of sp³-hybridized carbons (Fsp3) is 0.235. The lowest BCUT2D eigenvalue weighted by atomic mass is 9.99. The van der Waals surface area contributed by atoms with Gasteiger partial charge in [-0.25, -0.2) is 0 Å². The van der Waals surface area contributed by atoms with Crippen molar-refractivity contribution in [2.24, 2.45) is 16.5 Å². The smallest absolute Gasteiger partial charge is 0.198 e. The van der Waals surface area contributed by atoms with Crippen LogP contribution in [0, 0.1) is 0 Å². The molecule has 5 N–H and O–H groups in total. The minimum Gasteiger partial charge on any atom is -0.507 e. The largest absolute Gasteiger partial charge is 0.507 e. The van der Waals surface area contributed by atoms with Gasteiger partial charge in [-0.3, -0.25) is 0 Å². The summed E-state index contributed by atoms with van der Waals surface area (Å²) in [5.74, 6) is 1.16. The standard InChI is InChI=1S/C17H22N4O/c1-3-5-13-9-12(10-14(6-4-2)16(13)22)11-21-8-7-15(18)20-17(21)19/h3-4,7,9-10,22H,1-2,5-6,8,11,18H2,(H2,19,20). The molecule has 0 atom stereocenters. The van der Waals surface area contributed by atoms with Crippen molar-refractivity contribution in [3.8, 4) is 5.75 Å². The van der Waals surface area contributed by atoms with Gasteiger partial charge in [0.2, 0.25) is 0 Å². The van der Waals surface area contributed by atoms with Crippen LogP contribution in [-0.4, -0.2) is 22.5 Å². The van der Waals surface area contributed by atoms with E-state index >= 15 is 0 Å². The van der Waals surface area contributed by atoms with E-state index in [1.807, 2.05) is 23.1 Å². The van der Waals surface area contributed by atoms with Crippen LogP contribution < -0.4 is 11.5 Å². The Labute approximate surface area is 131 Å². The fourth-order valence-electron chi connectivity index (χ4n) is 2.46. The zero-order valence-corrected chi connectivity index (χ0v) is 12.6. The Morgan fingerprint density at radius 2 is 1.77 bits per heavy atom. The van der Waals surface area contributed by atoms with Gasteiger partial charge in [-0.1, -0.05) is 24.3 Å². The molecule has 0 bridgehead atoms. The summed E-state index contributed by atoms with van der Waals surface area (Å²) in [6.45, 7) is 8.70. The Morgan fingerprint density at radius 1 is 1.18 bits per heavy atom. The first kappa shape index (κ1) is 15.7. The van der Waals surface area contributed by atoms with E-state index in [4.69, 9.17) is 11.5 Å². The zero-order chi connectivity index (χ0) is 16.1. The molecular weight excluding hydrogens is 276 g/mol. The third-order valence-corrected chi connectivity index (χ3v) is 3.52. The molecule has 0 spiro atoms. The quantitative estimate of drug-likeness (QED) is 0.699. The SMILES string of the molecule is C=CCc1cc(CN2CC=C(N)N=C2N)cc(CC=C)c1O. The Hall–Kier alpha value is -2.69. The molecule has 0 radical (unpaired) electrons. The highest BCUT2D eigenvalue weighted by Gasteiger charge is 2.15. The van der Waals surface area contributed by atoms with Gasteiger partial charge in [0.1, 0.15) is 11.6 Å². The van der Waals surface area contributed by atoms with Gasteiger partial charge in [0.25, 0.3) is 0 Å². The van der Waals surface area contributed by atoms with Crippen LogP contribution in [0.25, 0.3) is 0 Å². The maximum absolute atomic E-state index is 10.3. The molecule has 5 nitrogen and oxygen atoms in total. The first-order chi connectivity index (χ1) is 10.5. The Morgan fingerprint density at radius 3 is 2.27 bits per heavy atom. The van der Waals surface area contributed by atoms with E-state index < -0.39 is 0 Å². The van der Waals surface area contributed by atoms with Gasteiger partial charge in [0.05, 0.1) is 0 Å². The number of aliphatic imine (C=N–C) groups is 1. The van der Waals surface area contributed by atoms with Crippen molar-refractivity contribution in [3.05, 3.63) is 66.0 Å². The molecule has 0 saturated heterocycles. The summed E-state index contributed by atoms with van der Waals surface area (Å²) in [4.78, 5) is 6.00. The van der Waals surface area contributed by atoms with Gasteiger partial charge < -0.3 is 21.5 Å². The normalized spacial score (nSPS) is 14.3. The van der Waals surface area contributed by atoms with Crippen LogP contribution in [0.4, 0.5) is 0 Å². The van der Waals surface area contributed by atoms with Crippen LogP contribution in [-0.2, 0) is 19.4 Å². The molecule has 22 heavy (non-hydrogen) atoms. The molecule has 0 saturated carbocycles. The molecule has 1 aromatic carbocycles. The maximum Gasteiger partial charge on any atom is 0.198 e. The van der Waals surface area contributed by atoms with Crippen molar-refractivity contribution >= 4 is 5.96 Å². The monoisotopic (exact) mass is 298 g/mol. The minimum atomic E-state index is 0.313. The molecule has 0 fully saturated rings. The Kier molecular flexibility index (Phi) is 4.88. The number of nitrogens with two attached hydrogens (primary N) is 2. The minimum absolute atomic E-state index is 0.313. The molecule has 0 aliphatic carbocycles. The maximum atomic E-state index is 10.3. The van der Waals surface area contributed by atoms with Crippen LogP contribution in [0.15, 0.2) is 54.3 Å². The van der Waals surface area contributed by atoms with Gasteiger partial charge in [0.15, 0.2) is 5.96 Å². The number of nitrogens with zero attached hydrogens (tertiary/aromatic N) is 2. The second-order valence-electron chi connectivity index (χ2n) is 5.23. The number of hydrogen-bond donors (Lipinski definition) is 3. The van der Waals surface area contributed by atoms with Crippen LogP contribution in [0.2, 0.25) is 0 Å². The summed E-state index contributed by atoms with van der Waals surface area (Å²) in [7, 11) is 0. The highest BCUT2D eigenvalue weighted by Crippen LogP contribution is 2.27. The van der Waals surface area contributed by atoms with E-state index in [9.17, 15) is 5.11 Å². The number of phenolic OH excluding ortho intramolecular Hbond substituents is 1. The van der Waals surface area contributed by atoms with Gasteiger partial charge in [-0.15, -0.1) is 13.2 Å². The molecule has 1 heterocycles. The predicted molar refractivity (Wildman–Crippen MR) is 90.2 cm³/mol. The zero-order valence-electron chi connectivity index (χ0n) is 12.6. The lowest BCUT2D eigenvalue weighted by Crippen LogP contribution is -2.39. The molecule has 1 aliphatic rings. The first-order valence-electron chi connectivity index (χ1n) is 7.15.